The van der Waals surface area contributed by atoms with Gasteiger partial charge in [0.1, 0.15) is 0 Å². The van der Waals surface area contributed by atoms with Gasteiger partial charge in [0, 0.05) is 13.2 Å². The van der Waals surface area contributed by atoms with Crippen LogP contribution in [0, 0.1) is 0 Å². The lowest BCUT2D eigenvalue weighted by Gasteiger charge is -2.39. The Balaban J connectivity index is 4.43. The lowest BCUT2D eigenvalue weighted by Crippen LogP contribution is -2.52. The Labute approximate surface area is 266 Å². The highest BCUT2D eigenvalue weighted by atomic mass is 28.5. The molecule has 254 valence electrons. The van der Waals surface area contributed by atoms with E-state index in [0.717, 1.165) is 24.9 Å². The predicted octanol–water partition coefficient (Wildman–Crippen LogP) is 7.64. The Morgan fingerprint density at radius 2 is 0.619 bits per heavy atom. The summed E-state index contributed by atoms with van der Waals surface area (Å²) in [6, 6.07) is 4.46. The predicted molar refractivity (Wildman–Crippen MR) is 192 cm³/mol. The average molecular weight is 703 g/mol. The zero-order valence-corrected chi connectivity index (χ0v) is 35.7. The first-order chi connectivity index (χ1) is 19.2. The van der Waals surface area contributed by atoms with E-state index in [1.165, 1.54) is 37.8 Å². The van der Waals surface area contributed by atoms with Gasteiger partial charge in [-0.05, 0) is 116 Å². The summed E-state index contributed by atoms with van der Waals surface area (Å²) >= 11 is 0. The molecule has 0 aromatic heterocycles. The summed E-state index contributed by atoms with van der Waals surface area (Å²) in [6.07, 6.45) is 6.89. The molecule has 0 atom stereocenters. The van der Waals surface area contributed by atoms with Crippen molar-refractivity contribution >= 4 is 50.4 Å². The van der Waals surface area contributed by atoms with E-state index < -0.39 is 50.4 Å². The van der Waals surface area contributed by atoms with Crippen LogP contribution in [0.3, 0.4) is 0 Å². The first-order valence-electron chi connectivity index (χ1n) is 16.3. The van der Waals surface area contributed by atoms with E-state index in [9.17, 15) is 0 Å². The van der Waals surface area contributed by atoms with E-state index in [4.69, 9.17) is 36.1 Å². The van der Waals surface area contributed by atoms with Gasteiger partial charge in [0.25, 0.3) is 0 Å². The number of aliphatic hydroxyl groups excluding tert-OH is 2. The lowest BCUT2D eigenvalue weighted by atomic mass is 10.2. The zero-order valence-electron chi connectivity index (χ0n) is 29.7. The van der Waals surface area contributed by atoms with Crippen LogP contribution in [-0.2, 0) is 25.9 Å². The molecule has 0 aliphatic rings. The van der Waals surface area contributed by atoms with Crippen molar-refractivity contribution in [2.24, 2.45) is 0 Å². The van der Waals surface area contributed by atoms with Gasteiger partial charge in [0.2, 0.25) is 0 Å². The second-order valence-electron chi connectivity index (χ2n) is 15.0. The van der Waals surface area contributed by atoms with Crippen LogP contribution in [0.5, 0.6) is 0 Å². The van der Waals surface area contributed by atoms with Gasteiger partial charge in [-0.1, -0.05) is 25.7 Å². The summed E-state index contributed by atoms with van der Waals surface area (Å²) in [4.78, 5) is 0. The monoisotopic (exact) mass is 702 g/mol. The molecular formula is C28H70O8Si6. The molecule has 0 saturated carbocycles. The highest BCUT2D eigenvalue weighted by Gasteiger charge is 2.40. The largest absolute Gasteiger partial charge is 0.437 e. The van der Waals surface area contributed by atoms with Crippen LogP contribution >= 0.6 is 0 Å². The number of aliphatic hydroxyl groups is 2. The molecule has 14 heteroatoms. The molecule has 0 radical (unpaired) electrons. The van der Waals surface area contributed by atoms with E-state index in [1.54, 1.807) is 0 Å². The molecule has 42 heavy (non-hydrogen) atoms. The normalized spacial score (nSPS) is 14.1. The minimum Gasteiger partial charge on any atom is -0.437 e. The standard InChI is InChI=1S/C28H70O8Si6/c1-37(2,33-41(9,10)35-39(5,6)27-17-21-31-23-19-29)25-15-13-14-16-26-38(3,4)34-42(11,12)36-40(7,8)28-18-22-32-24-20-30/h29-30H,13-28H2,1-12H3. The number of rotatable bonds is 27. The van der Waals surface area contributed by atoms with E-state index in [1.807, 2.05) is 0 Å². The third-order valence-electron chi connectivity index (χ3n) is 7.00. The molecule has 8 nitrogen and oxygen atoms in total. The van der Waals surface area contributed by atoms with Gasteiger partial charge in [-0.2, -0.15) is 0 Å². The van der Waals surface area contributed by atoms with Gasteiger partial charge >= 0.3 is 17.1 Å². The molecule has 0 rings (SSSR count). The van der Waals surface area contributed by atoms with Gasteiger partial charge in [0.05, 0.1) is 26.4 Å². The van der Waals surface area contributed by atoms with Gasteiger partial charge in [-0.25, -0.2) is 0 Å². The maximum absolute atomic E-state index is 8.87. The molecule has 0 amide bonds. The summed E-state index contributed by atoms with van der Waals surface area (Å²) in [5.74, 6) is 0. The van der Waals surface area contributed by atoms with Crippen LogP contribution in [0.2, 0.25) is 103 Å². The van der Waals surface area contributed by atoms with E-state index in [-0.39, 0.29) is 13.2 Å². The smallest absolute Gasteiger partial charge is 0.311 e. The molecule has 0 aliphatic heterocycles. The van der Waals surface area contributed by atoms with E-state index in [2.05, 4.69) is 78.6 Å². The van der Waals surface area contributed by atoms with E-state index in [0.29, 0.717) is 26.4 Å². The summed E-state index contributed by atoms with van der Waals surface area (Å²) in [5, 5.41) is 17.7. The Kier molecular flexibility index (Phi) is 20.7. The van der Waals surface area contributed by atoms with Crippen molar-refractivity contribution in [1.29, 1.82) is 0 Å². The molecule has 0 aromatic rings. The van der Waals surface area contributed by atoms with Crippen LogP contribution in [0.25, 0.3) is 0 Å². The maximum Gasteiger partial charge on any atom is 0.311 e. The summed E-state index contributed by atoms with van der Waals surface area (Å²) in [6.45, 7) is 29.8. The molecule has 2 N–H and O–H groups in total. The van der Waals surface area contributed by atoms with Crippen LogP contribution < -0.4 is 0 Å². The molecule has 0 unspecified atom stereocenters. The van der Waals surface area contributed by atoms with Gasteiger partial charge < -0.3 is 36.1 Å². The first kappa shape index (κ1) is 43.0. The lowest BCUT2D eigenvalue weighted by molar-refractivity contribution is 0.0923. The molecule has 0 aromatic carbocycles. The SMILES string of the molecule is C[Si](C)(CCCCCC[Si](C)(C)O[Si](C)(C)O[Si](C)(C)CCCOCCO)O[Si](C)(C)O[Si](C)(C)CCCOCCO. The topological polar surface area (TPSA) is 95.8 Å². The van der Waals surface area contributed by atoms with Gasteiger partial charge in [0.15, 0.2) is 33.3 Å². The quantitative estimate of drug-likeness (QED) is 0.0667. The number of hydrogen-bond acceptors (Lipinski definition) is 8. The molecular weight excluding hydrogens is 633 g/mol. The first-order valence-corrected chi connectivity index (χ1v) is 34.4. The van der Waals surface area contributed by atoms with Crippen LogP contribution in [0.15, 0.2) is 0 Å². The minimum atomic E-state index is -2.19. The number of ether oxygens (including phenoxy) is 2. The summed E-state index contributed by atoms with van der Waals surface area (Å²) in [7, 11) is -11.6. The van der Waals surface area contributed by atoms with Crippen molar-refractivity contribution in [2.45, 2.75) is 141 Å². The van der Waals surface area contributed by atoms with E-state index >= 15 is 0 Å². The fourth-order valence-electron chi connectivity index (χ4n) is 5.90. The molecule has 0 spiro atoms. The highest BCUT2D eigenvalue weighted by molar-refractivity contribution is 6.88. The third kappa shape index (κ3) is 24.2. The molecule has 0 saturated heterocycles. The Morgan fingerprint density at radius 1 is 0.357 bits per heavy atom. The fourth-order valence-corrected chi connectivity index (χ4v) is 34.1. The maximum atomic E-state index is 8.87. The van der Waals surface area contributed by atoms with Crippen molar-refractivity contribution in [3.63, 3.8) is 0 Å². The van der Waals surface area contributed by atoms with Gasteiger partial charge in [-0.15, -0.1) is 0 Å². The molecule has 0 fully saturated rings. The van der Waals surface area contributed by atoms with Crippen molar-refractivity contribution < 1.29 is 36.1 Å². The number of unbranched alkanes of at least 4 members (excludes halogenated alkanes) is 3. The van der Waals surface area contributed by atoms with Crippen molar-refractivity contribution in [3.05, 3.63) is 0 Å². The average Bonchev–Trinajstić information content (AvgIpc) is 2.77. The van der Waals surface area contributed by atoms with Crippen molar-refractivity contribution in [2.75, 3.05) is 39.6 Å². The summed E-state index contributed by atoms with van der Waals surface area (Å²) in [5.41, 5.74) is 0. The second-order valence-corrected chi connectivity index (χ2v) is 40.0. The number of hydrogen-bond donors (Lipinski definition) is 2. The summed E-state index contributed by atoms with van der Waals surface area (Å²) < 4.78 is 37.9. The van der Waals surface area contributed by atoms with Gasteiger partial charge in [-0.3, -0.25) is 0 Å². The zero-order chi connectivity index (χ0) is 32.6. The third-order valence-corrected chi connectivity index (χ3v) is 29.9. The van der Waals surface area contributed by atoms with Crippen molar-refractivity contribution in [1.82, 2.24) is 0 Å². The molecule has 0 heterocycles. The Hall–Kier alpha value is 0.981. The molecule has 0 bridgehead atoms. The fraction of sp³-hybridized carbons (Fsp3) is 1.00. The van der Waals surface area contributed by atoms with Crippen LogP contribution in [0.4, 0.5) is 0 Å². The Bertz CT molecular complexity index is 650. The van der Waals surface area contributed by atoms with Crippen LogP contribution in [-0.4, -0.2) is 100 Å². The van der Waals surface area contributed by atoms with Crippen molar-refractivity contribution in [3.8, 4) is 0 Å². The second kappa shape index (κ2) is 20.3. The van der Waals surface area contributed by atoms with Crippen LogP contribution in [0.1, 0.15) is 38.5 Å². The molecule has 0 aliphatic carbocycles. The minimum absolute atomic E-state index is 0.0829. The highest BCUT2D eigenvalue weighted by Crippen LogP contribution is 2.29. The Morgan fingerprint density at radius 3 is 0.881 bits per heavy atom.